The molecular weight excluding hydrogens is 504 g/mol. The van der Waals surface area contributed by atoms with Crippen molar-refractivity contribution in [2.24, 2.45) is 0 Å². The average Bonchev–Trinajstić information content (AvgIpc) is 2.88. The van der Waals surface area contributed by atoms with Crippen molar-refractivity contribution in [3.8, 4) is 17.2 Å². The Labute approximate surface area is 213 Å². The predicted molar refractivity (Wildman–Crippen MR) is 134 cm³/mol. The molecule has 12 heteroatoms. The third kappa shape index (κ3) is 5.66. The summed E-state index contributed by atoms with van der Waals surface area (Å²) in [5.74, 6) is -1.06. The molecule has 0 aliphatic carbocycles. The Hall–Kier alpha value is -3.74. The van der Waals surface area contributed by atoms with Gasteiger partial charge in [0.05, 0.1) is 11.6 Å². The fraction of sp³-hybridized carbons (Fsp3) is 0.240. The average molecular weight is 527 g/mol. The second-order valence-corrected chi connectivity index (χ2v) is 9.47. The summed E-state index contributed by atoms with van der Waals surface area (Å²) in [4.78, 5) is 24.3. The molecule has 9 nitrogen and oxygen atoms in total. The summed E-state index contributed by atoms with van der Waals surface area (Å²) in [6.45, 7) is 1.21. The number of aromatic nitrogens is 3. The molecule has 0 bridgehead atoms. The Morgan fingerprint density at radius 1 is 1.08 bits per heavy atom. The maximum Gasteiger partial charge on any atom is 0.299 e. The van der Waals surface area contributed by atoms with Gasteiger partial charge in [-0.1, -0.05) is 12.1 Å². The quantitative estimate of drug-likeness (QED) is 0.364. The van der Waals surface area contributed by atoms with Gasteiger partial charge in [-0.05, 0) is 66.4 Å². The fourth-order valence-electron chi connectivity index (χ4n) is 4.23. The predicted octanol–water partition coefficient (Wildman–Crippen LogP) is 3.56. The van der Waals surface area contributed by atoms with Crippen LogP contribution in [0.25, 0.3) is 16.7 Å². The van der Waals surface area contributed by atoms with Crippen LogP contribution in [0.4, 0.5) is 14.7 Å². The second kappa shape index (κ2) is 10.7. The molecule has 1 aliphatic heterocycles. The molecule has 1 atom stereocenters. The molecule has 37 heavy (non-hydrogen) atoms. The zero-order chi connectivity index (χ0) is 25.9. The van der Waals surface area contributed by atoms with E-state index in [4.69, 9.17) is 4.74 Å². The van der Waals surface area contributed by atoms with Crippen LogP contribution >= 0.6 is 0 Å². The molecule has 0 amide bonds. The van der Waals surface area contributed by atoms with Crippen LogP contribution in [0, 0.1) is 11.6 Å². The number of fused-ring (bicyclic) bond motifs is 1. The van der Waals surface area contributed by atoms with Gasteiger partial charge in [-0.2, -0.15) is 4.98 Å². The highest BCUT2D eigenvalue weighted by Crippen LogP contribution is 2.26. The third-order valence-corrected chi connectivity index (χ3v) is 6.63. The lowest BCUT2D eigenvalue weighted by Crippen LogP contribution is -2.40. The Morgan fingerprint density at radius 2 is 1.81 bits per heavy atom. The van der Waals surface area contributed by atoms with Crippen LogP contribution in [-0.2, 0) is 11.1 Å². The Kier molecular flexibility index (Phi) is 7.22. The van der Waals surface area contributed by atoms with Crippen molar-refractivity contribution in [1.29, 1.82) is 0 Å². The third-order valence-electron chi connectivity index (χ3n) is 6.06. The van der Waals surface area contributed by atoms with Crippen molar-refractivity contribution >= 4 is 28.1 Å². The number of hydrogen-bond donors (Lipinski definition) is 1. The highest BCUT2D eigenvalue weighted by atomic mass is 32.2. The number of pyridine rings is 1. The molecule has 192 valence electrons. The first-order valence-corrected chi connectivity index (χ1v) is 12.8. The number of para-hydroxylation sites is 1. The number of rotatable bonds is 7. The fourth-order valence-corrected chi connectivity index (χ4v) is 4.79. The number of nitrogens with zero attached hydrogens (tertiary/aromatic N) is 4. The lowest BCUT2D eigenvalue weighted by molar-refractivity contribution is 0.247. The SMILES string of the molecule is O=c1c(Oc2ccccc2F)cc2cnc(NC3CCN(CS(=O)[O-])CC3)nc2n1-c1ccc(F)cc1. The number of likely N-dealkylation sites (tertiary alicyclic amines) is 1. The van der Waals surface area contributed by atoms with E-state index in [9.17, 15) is 22.3 Å². The lowest BCUT2D eigenvalue weighted by Gasteiger charge is -2.32. The van der Waals surface area contributed by atoms with Crippen molar-refractivity contribution in [3.63, 3.8) is 0 Å². The van der Waals surface area contributed by atoms with Crippen LogP contribution in [0.1, 0.15) is 12.8 Å². The van der Waals surface area contributed by atoms with E-state index in [0.717, 1.165) is 0 Å². The summed E-state index contributed by atoms with van der Waals surface area (Å²) < 4.78 is 56.6. The number of benzene rings is 2. The van der Waals surface area contributed by atoms with E-state index in [2.05, 4.69) is 15.3 Å². The number of halogens is 2. The minimum atomic E-state index is -2.13. The smallest absolute Gasteiger partial charge is 0.299 e. The largest absolute Gasteiger partial charge is 0.771 e. The minimum Gasteiger partial charge on any atom is -0.771 e. The first-order chi connectivity index (χ1) is 17.9. The van der Waals surface area contributed by atoms with E-state index in [1.54, 1.807) is 6.07 Å². The minimum absolute atomic E-state index is 0.000423. The van der Waals surface area contributed by atoms with E-state index in [0.29, 0.717) is 37.0 Å². The molecule has 0 saturated carbocycles. The molecule has 1 aliphatic rings. The first kappa shape index (κ1) is 24.9. The van der Waals surface area contributed by atoms with E-state index in [-0.39, 0.29) is 35.0 Å². The molecule has 1 unspecified atom stereocenters. The standard InChI is InChI=1S/C25H23F2N5O4S/c26-17-5-7-19(8-6-17)32-23-16(13-22(24(32)33)36-21-4-2-1-3-20(21)27)14-28-25(30-23)29-18-9-11-31(12-10-18)15-37(34)35/h1-8,13-14,18H,9-12,15H2,(H,34,35)(H,28,29,30)/p-1. The van der Waals surface area contributed by atoms with Crippen LogP contribution in [0.3, 0.4) is 0 Å². The summed E-state index contributed by atoms with van der Waals surface area (Å²) in [5, 5.41) is 3.71. The van der Waals surface area contributed by atoms with Gasteiger partial charge in [-0.3, -0.25) is 18.5 Å². The molecule has 2 aromatic heterocycles. The van der Waals surface area contributed by atoms with E-state index in [1.165, 1.54) is 59.3 Å². The molecule has 2 aromatic carbocycles. The Morgan fingerprint density at radius 3 is 2.51 bits per heavy atom. The van der Waals surface area contributed by atoms with Gasteiger partial charge in [-0.25, -0.2) is 13.8 Å². The number of nitrogens with one attached hydrogen (secondary N) is 1. The normalized spacial score (nSPS) is 15.5. The molecule has 1 fully saturated rings. The maximum atomic E-state index is 14.2. The lowest BCUT2D eigenvalue weighted by atomic mass is 10.1. The maximum absolute atomic E-state index is 14.2. The van der Waals surface area contributed by atoms with Crippen LogP contribution < -0.4 is 15.6 Å². The number of hydrogen-bond acceptors (Lipinski definition) is 8. The van der Waals surface area contributed by atoms with Crippen LogP contribution in [-0.4, -0.2) is 53.2 Å². The number of piperidine rings is 1. The molecule has 0 radical (unpaired) electrons. The summed E-state index contributed by atoms with van der Waals surface area (Å²) >= 11 is -2.13. The Bertz CT molecular complexity index is 1510. The highest BCUT2D eigenvalue weighted by molar-refractivity contribution is 7.79. The number of anilines is 1. The van der Waals surface area contributed by atoms with Crippen molar-refractivity contribution < 1.29 is 22.3 Å². The van der Waals surface area contributed by atoms with Gasteiger partial charge in [0.1, 0.15) is 5.82 Å². The summed E-state index contributed by atoms with van der Waals surface area (Å²) in [5.41, 5.74) is -0.000863. The van der Waals surface area contributed by atoms with Gasteiger partial charge >= 0.3 is 0 Å². The van der Waals surface area contributed by atoms with Crippen molar-refractivity contribution in [3.05, 3.63) is 82.8 Å². The summed E-state index contributed by atoms with van der Waals surface area (Å²) in [7, 11) is 0. The first-order valence-electron chi connectivity index (χ1n) is 11.5. The Balaban J connectivity index is 1.51. The van der Waals surface area contributed by atoms with Crippen LogP contribution in [0.5, 0.6) is 11.5 Å². The van der Waals surface area contributed by atoms with Crippen molar-refractivity contribution in [2.75, 3.05) is 24.3 Å². The molecule has 5 rings (SSSR count). The van der Waals surface area contributed by atoms with Gasteiger partial charge in [0.15, 0.2) is 23.0 Å². The second-order valence-electron chi connectivity index (χ2n) is 8.60. The van der Waals surface area contributed by atoms with Gasteiger partial charge < -0.3 is 14.6 Å². The van der Waals surface area contributed by atoms with Gasteiger partial charge in [0.25, 0.3) is 5.56 Å². The molecule has 1 saturated heterocycles. The zero-order valence-corrected chi connectivity index (χ0v) is 20.3. The molecule has 1 N–H and O–H groups in total. The summed E-state index contributed by atoms with van der Waals surface area (Å²) in [6.07, 6.45) is 2.91. The number of ether oxygens (including phenoxy) is 1. The highest BCUT2D eigenvalue weighted by Gasteiger charge is 2.21. The van der Waals surface area contributed by atoms with Crippen LogP contribution in [0.15, 0.2) is 65.6 Å². The summed E-state index contributed by atoms with van der Waals surface area (Å²) in [6, 6.07) is 12.5. The van der Waals surface area contributed by atoms with E-state index in [1.807, 2.05) is 4.90 Å². The van der Waals surface area contributed by atoms with Gasteiger partial charge in [0.2, 0.25) is 5.95 Å². The van der Waals surface area contributed by atoms with Gasteiger partial charge in [0, 0.05) is 30.7 Å². The van der Waals surface area contributed by atoms with E-state index >= 15 is 0 Å². The van der Waals surface area contributed by atoms with Crippen molar-refractivity contribution in [1.82, 2.24) is 19.4 Å². The van der Waals surface area contributed by atoms with Crippen LogP contribution in [0.2, 0.25) is 0 Å². The molecule has 0 spiro atoms. The zero-order valence-electron chi connectivity index (χ0n) is 19.5. The van der Waals surface area contributed by atoms with Crippen molar-refractivity contribution in [2.45, 2.75) is 18.9 Å². The monoisotopic (exact) mass is 526 g/mol. The molecule has 3 heterocycles. The molecule has 4 aromatic rings. The van der Waals surface area contributed by atoms with Gasteiger partial charge in [-0.15, -0.1) is 0 Å². The topological polar surface area (TPSA) is 112 Å². The molecular formula is C25H22F2N5O4S-. The van der Waals surface area contributed by atoms with E-state index < -0.39 is 28.3 Å².